The van der Waals surface area contributed by atoms with E-state index in [1.165, 1.54) is 71.1 Å². The topological polar surface area (TPSA) is 40.1 Å². The second kappa shape index (κ2) is 9.61. The molecule has 0 aromatic rings. The van der Waals surface area contributed by atoms with E-state index in [1.807, 2.05) is 7.05 Å². The molecule has 4 fully saturated rings. The highest BCUT2D eigenvalue weighted by molar-refractivity contribution is 14.0. The molecule has 156 valence electrons. The molecule has 27 heavy (non-hydrogen) atoms. The number of guanidine groups is 1. The van der Waals surface area contributed by atoms with Gasteiger partial charge in [-0.15, -0.1) is 24.0 Å². The quantitative estimate of drug-likeness (QED) is 0.365. The summed E-state index contributed by atoms with van der Waals surface area (Å²) in [7, 11) is 1.95. The van der Waals surface area contributed by atoms with Gasteiger partial charge in [0.05, 0.1) is 6.10 Å². The van der Waals surface area contributed by atoms with Crippen molar-refractivity contribution in [2.45, 2.75) is 70.4 Å². The largest absolute Gasteiger partial charge is 0.378 e. The fourth-order valence-corrected chi connectivity index (χ4v) is 5.77. The molecule has 2 saturated heterocycles. The zero-order chi connectivity index (χ0) is 18.0. The maximum absolute atomic E-state index is 6.01. The smallest absolute Gasteiger partial charge is 0.193 e. The van der Waals surface area contributed by atoms with Crippen LogP contribution in [0.15, 0.2) is 4.99 Å². The van der Waals surface area contributed by atoms with Crippen molar-refractivity contribution < 1.29 is 4.74 Å². The minimum atomic E-state index is 0. The molecule has 0 amide bonds. The lowest BCUT2D eigenvalue weighted by Gasteiger charge is -2.61. The van der Waals surface area contributed by atoms with Crippen LogP contribution in [0.1, 0.15) is 58.3 Å². The molecule has 4 aliphatic rings. The molecule has 2 saturated carbocycles. The van der Waals surface area contributed by atoms with Gasteiger partial charge >= 0.3 is 0 Å². The van der Waals surface area contributed by atoms with Gasteiger partial charge in [-0.3, -0.25) is 4.99 Å². The number of halogens is 1. The van der Waals surface area contributed by atoms with E-state index >= 15 is 0 Å². The first kappa shape index (κ1) is 21.6. The van der Waals surface area contributed by atoms with Crippen molar-refractivity contribution >= 4 is 29.9 Å². The van der Waals surface area contributed by atoms with Gasteiger partial charge in [-0.25, -0.2) is 0 Å². The average molecular weight is 490 g/mol. The minimum Gasteiger partial charge on any atom is -0.378 e. The number of rotatable bonds is 5. The third-order valence-corrected chi connectivity index (χ3v) is 7.50. The lowest BCUT2D eigenvalue weighted by molar-refractivity contribution is -0.168. The molecule has 0 bridgehead atoms. The van der Waals surface area contributed by atoms with Crippen molar-refractivity contribution in [3.05, 3.63) is 0 Å². The van der Waals surface area contributed by atoms with E-state index < -0.39 is 0 Å². The van der Waals surface area contributed by atoms with E-state index in [2.05, 4.69) is 27.0 Å². The molecular formula is C21H39IN4O. The van der Waals surface area contributed by atoms with E-state index in [0.717, 1.165) is 31.4 Å². The second-order valence-corrected chi connectivity index (χ2v) is 8.97. The first-order valence-corrected chi connectivity index (χ1v) is 11.1. The van der Waals surface area contributed by atoms with Gasteiger partial charge in [0.2, 0.25) is 0 Å². The predicted molar refractivity (Wildman–Crippen MR) is 122 cm³/mol. The van der Waals surface area contributed by atoms with Crippen molar-refractivity contribution in [2.24, 2.45) is 16.3 Å². The standard InChI is InChI=1S/C21H38N4O.HI/c1-3-26-19-14-18(21(19)9-7-10-21)23-20(22-2)25-13-8-17(16-25)15-24-11-5-4-6-12-24;/h17-19H,3-16H2,1-2H3,(H,22,23);1H. The van der Waals surface area contributed by atoms with Gasteiger partial charge in [0.1, 0.15) is 0 Å². The maximum atomic E-state index is 6.01. The number of piperidine rings is 1. The molecule has 2 aliphatic heterocycles. The van der Waals surface area contributed by atoms with Crippen molar-refractivity contribution in [2.75, 3.05) is 46.4 Å². The van der Waals surface area contributed by atoms with Crippen LogP contribution in [-0.2, 0) is 4.74 Å². The molecule has 0 aromatic carbocycles. The number of nitrogens with one attached hydrogen (secondary N) is 1. The van der Waals surface area contributed by atoms with Crippen LogP contribution in [0, 0.1) is 11.3 Å². The SMILES string of the molecule is CCOC1CC(NC(=NC)N2CCC(CN3CCCCC3)C2)C12CCC2.I. The summed E-state index contributed by atoms with van der Waals surface area (Å²) in [6, 6.07) is 0.563. The van der Waals surface area contributed by atoms with Crippen molar-refractivity contribution in [1.82, 2.24) is 15.1 Å². The molecule has 2 aliphatic carbocycles. The summed E-state index contributed by atoms with van der Waals surface area (Å²) in [6.07, 6.45) is 11.2. The van der Waals surface area contributed by atoms with Gasteiger partial charge in [0.25, 0.3) is 0 Å². The molecule has 6 heteroatoms. The average Bonchev–Trinajstić information content (AvgIpc) is 3.05. The highest BCUT2D eigenvalue weighted by Gasteiger charge is 2.59. The van der Waals surface area contributed by atoms with Gasteiger partial charge < -0.3 is 19.9 Å². The Balaban J connectivity index is 0.00000210. The van der Waals surface area contributed by atoms with Crippen LogP contribution in [0.3, 0.4) is 0 Å². The molecular weight excluding hydrogens is 451 g/mol. The zero-order valence-corrected chi connectivity index (χ0v) is 19.6. The van der Waals surface area contributed by atoms with E-state index in [-0.39, 0.29) is 24.0 Å². The van der Waals surface area contributed by atoms with E-state index in [4.69, 9.17) is 4.74 Å². The van der Waals surface area contributed by atoms with Crippen molar-refractivity contribution in [1.29, 1.82) is 0 Å². The van der Waals surface area contributed by atoms with Crippen molar-refractivity contribution in [3.63, 3.8) is 0 Å². The van der Waals surface area contributed by atoms with Crippen LogP contribution >= 0.6 is 24.0 Å². The summed E-state index contributed by atoms with van der Waals surface area (Å²) in [5.74, 6) is 1.94. The van der Waals surface area contributed by atoms with Crippen LogP contribution in [0.2, 0.25) is 0 Å². The van der Waals surface area contributed by atoms with E-state index in [0.29, 0.717) is 17.6 Å². The van der Waals surface area contributed by atoms with Crippen LogP contribution in [0.5, 0.6) is 0 Å². The Morgan fingerprint density at radius 3 is 2.56 bits per heavy atom. The van der Waals surface area contributed by atoms with Gasteiger partial charge in [-0.05, 0) is 64.5 Å². The predicted octanol–water partition coefficient (Wildman–Crippen LogP) is 3.34. The van der Waals surface area contributed by atoms with E-state index in [1.54, 1.807) is 0 Å². The van der Waals surface area contributed by atoms with Gasteiger partial charge in [-0.1, -0.05) is 12.8 Å². The lowest BCUT2D eigenvalue weighted by Crippen LogP contribution is -2.68. The van der Waals surface area contributed by atoms with Crippen LogP contribution in [0.4, 0.5) is 0 Å². The second-order valence-electron chi connectivity index (χ2n) is 8.97. The molecule has 0 radical (unpaired) electrons. The van der Waals surface area contributed by atoms with Crippen molar-refractivity contribution in [3.8, 4) is 0 Å². The Morgan fingerprint density at radius 2 is 1.93 bits per heavy atom. The Morgan fingerprint density at radius 1 is 1.15 bits per heavy atom. The Labute approximate surface area is 182 Å². The van der Waals surface area contributed by atoms with Crippen LogP contribution in [0.25, 0.3) is 0 Å². The molecule has 1 spiro atoms. The molecule has 3 atom stereocenters. The third kappa shape index (κ3) is 4.42. The first-order valence-electron chi connectivity index (χ1n) is 11.1. The number of ether oxygens (including phenoxy) is 1. The number of hydrogen-bond acceptors (Lipinski definition) is 3. The van der Waals surface area contributed by atoms with Gasteiger partial charge in [0, 0.05) is 44.7 Å². The number of aliphatic imine (C=N–C) groups is 1. The van der Waals surface area contributed by atoms with Gasteiger partial charge in [-0.2, -0.15) is 0 Å². The lowest BCUT2D eigenvalue weighted by atomic mass is 9.51. The Kier molecular flexibility index (Phi) is 7.70. The summed E-state index contributed by atoms with van der Waals surface area (Å²) < 4.78 is 6.01. The first-order chi connectivity index (χ1) is 12.7. The zero-order valence-electron chi connectivity index (χ0n) is 17.3. The Bertz CT molecular complexity index is 504. The number of hydrogen-bond donors (Lipinski definition) is 1. The molecule has 2 heterocycles. The third-order valence-electron chi connectivity index (χ3n) is 7.50. The maximum Gasteiger partial charge on any atom is 0.193 e. The molecule has 4 rings (SSSR count). The molecule has 5 nitrogen and oxygen atoms in total. The van der Waals surface area contributed by atoms with E-state index in [9.17, 15) is 0 Å². The Hall–Kier alpha value is -0.0800. The van der Waals surface area contributed by atoms with Crippen LogP contribution in [-0.4, -0.2) is 74.3 Å². The molecule has 1 N–H and O–H groups in total. The normalized spacial score (nSPS) is 33.3. The van der Waals surface area contributed by atoms with Crippen LogP contribution < -0.4 is 5.32 Å². The summed E-state index contributed by atoms with van der Waals surface area (Å²) >= 11 is 0. The monoisotopic (exact) mass is 490 g/mol. The minimum absolute atomic E-state index is 0. The molecule has 3 unspecified atom stereocenters. The summed E-state index contributed by atoms with van der Waals surface area (Å²) in [5.41, 5.74) is 0.402. The highest BCUT2D eigenvalue weighted by atomic mass is 127. The summed E-state index contributed by atoms with van der Waals surface area (Å²) in [4.78, 5) is 9.84. The number of likely N-dealkylation sites (tertiary alicyclic amines) is 2. The fourth-order valence-electron chi connectivity index (χ4n) is 5.77. The number of nitrogens with zero attached hydrogens (tertiary/aromatic N) is 3. The molecule has 0 aromatic heterocycles. The van der Waals surface area contributed by atoms with Gasteiger partial charge in [0.15, 0.2) is 5.96 Å². The fraction of sp³-hybridized carbons (Fsp3) is 0.952. The highest BCUT2D eigenvalue weighted by Crippen LogP contribution is 2.57. The summed E-state index contributed by atoms with van der Waals surface area (Å²) in [5, 5.41) is 3.83. The summed E-state index contributed by atoms with van der Waals surface area (Å²) in [6.45, 7) is 9.21.